The number of hydrogen-bond donors (Lipinski definition) is 2. The molecular formula is C12H12N2O3. The van der Waals surface area contributed by atoms with Gasteiger partial charge in [-0.3, -0.25) is 9.59 Å². The van der Waals surface area contributed by atoms with Gasteiger partial charge in [0.25, 0.3) is 0 Å². The van der Waals surface area contributed by atoms with Gasteiger partial charge in [-0.2, -0.15) is 0 Å². The van der Waals surface area contributed by atoms with Crippen molar-refractivity contribution in [1.82, 2.24) is 4.57 Å². The average molecular weight is 232 g/mol. The van der Waals surface area contributed by atoms with Gasteiger partial charge in [0.15, 0.2) is 5.43 Å². The Labute approximate surface area is 97.1 Å². The second kappa shape index (κ2) is 3.93. The predicted molar refractivity (Wildman–Crippen MR) is 65.0 cm³/mol. The zero-order chi connectivity index (χ0) is 12.6. The molecule has 0 radical (unpaired) electrons. The number of aryl methyl sites for hydroxylation is 1. The molecule has 0 saturated carbocycles. The summed E-state index contributed by atoms with van der Waals surface area (Å²) in [5.41, 5.74) is 7.01. The minimum atomic E-state index is -0.961. The van der Waals surface area contributed by atoms with Crippen molar-refractivity contribution in [2.24, 2.45) is 0 Å². The maximum atomic E-state index is 11.9. The largest absolute Gasteiger partial charge is 0.480 e. The highest BCUT2D eigenvalue weighted by molar-refractivity contribution is 5.91. The van der Waals surface area contributed by atoms with Crippen LogP contribution in [0.2, 0.25) is 0 Å². The lowest BCUT2D eigenvalue weighted by Gasteiger charge is -2.11. The second-order valence-electron chi connectivity index (χ2n) is 3.90. The van der Waals surface area contributed by atoms with E-state index in [4.69, 9.17) is 10.8 Å². The quantitative estimate of drug-likeness (QED) is 0.756. The first-order valence-corrected chi connectivity index (χ1v) is 5.10. The van der Waals surface area contributed by atoms with E-state index in [1.54, 1.807) is 25.1 Å². The summed E-state index contributed by atoms with van der Waals surface area (Å²) in [6, 6.07) is 5.02. The third-order valence-corrected chi connectivity index (χ3v) is 2.62. The standard InChI is InChI=1S/C12H12N2O3/c1-7-5-14(6-10(15)16)9-4-2-3-8(13)11(9)12(7)17/h2-5H,6,13H2,1H3,(H,15,16). The number of aromatic nitrogens is 1. The molecule has 0 bridgehead atoms. The van der Waals surface area contributed by atoms with E-state index in [0.717, 1.165) is 0 Å². The molecule has 5 heteroatoms. The van der Waals surface area contributed by atoms with Crippen molar-refractivity contribution in [3.8, 4) is 0 Å². The molecule has 1 heterocycles. The van der Waals surface area contributed by atoms with Gasteiger partial charge in [0, 0.05) is 17.4 Å². The Balaban J connectivity index is 2.87. The van der Waals surface area contributed by atoms with Gasteiger partial charge >= 0.3 is 5.97 Å². The fraction of sp³-hybridized carbons (Fsp3) is 0.167. The van der Waals surface area contributed by atoms with E-state index >= 15 is 0 Å². The molecule has 1 aromatic heterocycles. The molecule has 0 amide bonds. The van der Waals surface area contributed by atoms with Crippen LogP contribution in [0.4, 0.5) is 5.69 Å². The third kappa shape index (κ3) is 1.87. The zero-order valence-corrected chi connectivity index (χ0v) is 9.30. The minimum Gasteiger partial charge on any atom is -0.480 e. The van der Waals surface area contributed by atoms with Crippen LogP contribution in [-0.4, -0.2) is 15.6 Å². The number of hydrogen-bond acceptors (Lipinski definition) is 3. The van der Waals surface area contributed by atoms with E-state index < -0.39 is 5.97 Å². The van der Waals surface area contributed by atoms with Crippen LogP contribution < -0.4 is 11.2 Å². The average Bonchev–Trinajstić information content (AvgIpc) is 2.24. The first-order valence-electron chi connectivity index (χ1n) is 5.10. The Hall–Kier alpha value is -2.30. The van der Waals surface area contributed by atoms with Gasteiger partial charge < -0.3 is 15.4 Å². The van der Waals surface area contributed by atoms with Gasteiger partial charge in [-0.25, -0.2) is 0 Å². The molecular weight excluding hydrogens is 220 g/mol. The summed E-state index contributed by atoms with van der Waals surface area (Å²) < 4.78 is 1.52. The van der Waals surface area contributed by atoms with Crippen LogP contribution in [0.25, 0.3) is 10.9 Å². The Kier molecular flexibility index (Phi) is 2.59. The normalized spacial score (nSPS) is 10.6. The Morgan fingerprint density at radius 2 is 2.18 bits per heavy atom. The molecule has 0 fully saturated rings. The minimum absolute atomic E-state index is 0.153. The van der Waals surface area contributed by atoms with E-state index in [1.165, 1.54) is 10.8 Å². The Morgan fingerprint density at radius 3 is 2.82 bits per heavy atom. The van der Waals surface area contributed by atoms with E-state index in [9.17, 15) is 9.59 Å². The van der Waals surface area contributed by atoms with Gasteiger partial charge in [0.1, 0.15) is 6.54 Å². The summed E-state index contributed by atoms with van der Waals surface area (Å²) in [6.45, 7) is 1.45. The summed E-state index contributed by atoms with van der Waals surface area (Å²) in [5.74, 6) is -0.961. The van der Waals surface area contributed by atoms with Crippen molar-refractivity contribution in [2.45, 2.75) is 13.5 Å². The Morgan fingerprint density at radius 1 is 1.47 bits per heavy atom. The molecule has 0 atom stereocenters. The van der Waals surface area contributed by atoms with Crippen LogP contribution >= 0.6 is 0 Å². The SMILES string of the molecule is Cc1cn(CC(=O)O)c2cccc(N)c2c1=O. The highest BCUT2D eigenvalue weighted by atomic mass is 16.4. The predicted octanol–water partition coefficient (Wildman–Crippen LogP) is 0.977. The molecule has 17 heavy (non-hydrogen) atoms. The number of pyridine rings is 1. The van der Waals surface area contributed by atoms with Crippen LogP contribution in [0.3, 0.4) is 0 Å². The van der Waals surface area contributed by atoms with Crippen LogP contribution in [-0.2, 0) is 11.3 Å². The first kappa shape index (κ1) is 11.2. The molecule has 2 aromatic rings. The lowest BCUT2D eigenvalue weighted by Crippen LogP contribution is -2.17. The zero-order valence-electron chi connectivity index (χ0n) is 9.30. The highest BCUT2D eigenvalue weighted by Crippen LogP contribution is 2.18. The lowest BCUT2D eigenvalue weighted by molar-refractivity contribution is -0.137. The molecule has 5 nitrogen and oxygen atoms in total. The van der Waals surface area contributed by atoms with Crippen molar-refractivity contribution >= 4 is 22.6 Å². The van der Waals surface area contributed by atoms with E-state index in [2.05, 4.69) is 0 Å². The maximum Gasteiger partial charge on any atom is 0.323 e. The van der Waals surface area contributed by atoms with Crippen molar-refractivity contribution < 1.29 is 9.90 Å². The number of nitrogens with zero attached hydrogens (tertiary/aromatic N) is 1. The summed E-state index contributed by atoms with van der Waals surface area (Å²) in [7, 11) is 0. The van der Waals surface area contributed by atoms with Gasteiger partial charge in [0.2, 0.25) is 0 Å². The second-order valence-corrected chi connectivity index (χ2v) is 3.90. The number of nitrogens with two attached hydrogens (primary N) is 1. The van der Waals surface area contributed by atoms with E-state index in [0.29, 0.717) is 22.2 Å². The number of carboxylic acid groups (broad SMARTS) is 1. The van der Waals surface area contributed by atoms with Crippen molar-refractivity contribution in [3.63, 3.8) is 0 Å². The molecule has 2 rings (SSSR count). The van der Waals surface area contributed by atoms with Crippen LogP contribution in [0, 0.1) is 6.92 Å². The maximum absolute atomic E-state index is 11.9. The molecule has 0 aliphatic rings. The topological polar surface area (TPSA) is 85.3 Å². The molecule has 3 N–H and O–H groups in total. The van der Waals surface area contributed by atoms with Crippen molar-refractivity contribution in [3.05, 3.63) is 40.2 Å². The van der Waals surface area contributed by atoms with E-state index in [1.807, 2.05) is 0 Å². The van der Waals surface area contributed by atoms with Gasteiger partial charge in [0.05, 0.1) is 10.9 Å². The summed E-state index contributed by atoms with van der Waals surface area (Å²) in [5, 5.41) is 9.21. The number of nitrogen functional groups attached to an aromatic ring is 1. The number of benzene rings is 1. The molecule has 0 saturated heterocycles. The summed E-state index contributed by atoms with van der Waals surface area (Å²) in [6.07, 6.45) is 1.54. The summed E-state index contributed by atoms with van der Waals surface area (Å²) in [4.78, 5) is 22.7. The molecule has 0 aliphatic heterocycles. The Bertz CT molecular complexity index is 659. The summed E-state index contributed by atoms with van der Waals surface area (Å²) >= 11 is 0. The highest BCUT2D eigenvalue weighted by Gasteiger charge is 2.10. The van der Waals surface area contributed by atoms with Crippen LogP contribution in [0.1, 0.15) is 5.56 Å². The fourth-order valence-electron chi connectivity index (χ4n) is 1.88. The third-order valence-electron chi connectivity index (χ3n) is 2.62. The number of carboxylic acids is 1. The molecule has 88 valence electrons. The number of aliphatic carboxylic acids is 1. The monoisotopic (exact) mass is 232 g/mol. The van der Waals surface area contributed by atoms with Crippen molar-refractivity contribution in [1.29, 1.82) is 0 Å². The smallest absolute Gasteiger partial charge is 0.323 e. The lowest BCUT2D eigenvalue weighted by atomic mass is 10.1. The van der Waals surface area contributed by atoms with Gasteiger partial charge in [-0.05, 0) is 19.1 Å². The molecule has 1 aromatic carbocycles. The number of fused-ring (bicyclic) bond motifs is 1. The fourth-order valence-corrected chi connectivity index (χ4v) is 1.88. The molecule has 0 aliphatic carbocycles. The number of anilines is 1. The van der Waals surface area contributed by atoms with Gasteiger partial charge in [-0.15, -0.1) is 0 Å². The van der Waals surface area contributed by atoms with Crippen molar-refractivity contribution in [2.75, 3.05) is 5.73 Å². The number of rotatable bonds is 2. The van der Waals surface area contributed by atoms with Crippen LogP contribution in [0.15, 0.2) is 29.2 Å². The van der Waals surface area contributed by atoms with Crippen LogP contribution in [0.5, 0.6) is 0 Å². The van der Waals surface area contributed by atoms with Gasteiger partial charge in [-0.1, -0.05) is 6.07 Å². The molecule has 0 spiro atoms. The first-order chi connectivity index (χ1) is 8.00. The molecule has 0 unspecified atom stereocenters. The number of carbonyl (C=O) groups is 1. The van der Waals surface area contributed by atoms with E-state index in [-0.39, 0.29) is 12.0 Å².